The molecule has 1 aromatic carbocycles. The molecule has 0 heterocycles. The monoisotopic (exact) mass is 303 g/mol. The highest BCUT2D eigenvalue weighted by Crippen LogP contribution is 2.24. The third-order valence-electron chi connectivity index (χ3n) is 4.35. The molecule has 0 aliphatic heterocycles. The molecule has 1 aliphatic carbocycles. The molecular weight excluding hydrogens is 274 g/mol. The first-order chi connectivity index (χ1) is 10.5. The van der Waals surface area contributed by atoms with Crippen LogP contribution in [0.3, 0.4) is 0 Å². The van der Waals surface area contributed by atoms with Crippen LogP contribution in [-0.4, -0.2) is 17.9 Å². The van der Waals surface area contributed by atoms with E-state index in [1.54, 1.807) is 13.8 Å². The molecule has 1 aliphatic rings. The van der Waals surface area contributed by atoms with Gasteiger partial charge in [-0.1, -0.05) is 37.8 Å². The minimum Gasteiger partial charge on any atom is -0.480 e. The molecule has 0 atom stereocenters. The van der Waals surface area contributed by atoms with Crippen LogP contribution in [0.2, 0.25) is 0 Å². The standard InChI is InChI=1S/C19H29NO2/c1-15-12-16(10-11-18(15)22-19(2,3)14-21)13-20-17-8-6-4-5-7-9-17/h10-12,14,17,20H,4-9,13H2,1-3H3. The summed E-state index contributed by atoms with van der Waals surface area (Å²) >= 11 is 0. The van der Waals surface area contributed by atoms with Crippen molar-refractivity contribution in [2.45, 2.75) is 77.5 Å². The Morgan fingerprint density at radius 2 is 1.91 bits per heavy atom. The average molecular weight is 303 g/mol. The van der Waals surface area contributed by atoms with Crippen LogP contribution in [0, 0.1) is 6.92 Å². The third-order valence-corrected chi connectivity index (χ3v) is 4.35. The van der Waals surface area contributed by atoms with Gasteiger partial charge in [-0.05, 0) is 50.8 Å². The number of hydrogen-bond acceptors (Lipinski definition) is 3. The summed E-state index contributed by atoms with van der Waals surface area (Å²) in [5, 5.41) is 3.69. The molecule has 0 bridgehead atoms. The minimum atomic E-state index is -0.773. The molecule has 0 amide bonds. The Labute approximate surface area is 134 Å². The quantitative estimate of drug-likeness (QED) is 0.633. The van der Waals surface area contributed by atoms with Crippen molar-refractivity contribution in [2.75, 3.05) is 0 Å². The smallest absolute Gasteiger partial charge is 0.162 e. The summed E-state index contributed by atoms with van der Waals surface area (Å²) in [6.07, 6.45) is 8.91. The van der Waals surface area contributed by atoms with Crippen molar-refractivity contribution in [3.8, 4) is 5.75 Å². The number of carbonyl (C=O) groups excluding carboxylic acids is 1. The van der Waals surface area contributed by atoms with E-state index in [1.165, 1.54) is 44.1 Å². The molecule has 1 fully saturated rings. The second kappa shape index (κ2) is 7.77. The first-order valence-electron chi connectivity index (χ1n) is 8.48. The molecule has 1 aromatic rings. The Kier molecular flexibility index (Phi) is 6.01. The van der Waals surface area contributed by atoms with Crippen molar-refractivity contribution in [2.24, 2.45) is 0 Å². The zero-order valence-electron chi connectivity index (χ0n) is 14.2. The van der Waals surface area contributed by atoms with Gasteiger partial charge in [-0.15, -0.1) is 0 Å². The molecule has 0 radical (unpaired) electrons. The van der Waals surface area contributed by atoms with Crippen molar-refractivity contribution in [1.82, 2.24) is 5.32 Å². The van der Waals surface area contributed by atoms with E-state index in [0.717, 1.165) is 24.1 Å². The second-order valence-electron chi connectivity index (χ2n) is 6.99. The van der Waals surface area contributed by atoms with E-state index < -0.39 is 5.60 Å². The zero-order chi connectivity index (χ0) is 16.0. The number of aryl methyl sites for hydroxylation is 1. The molecule has 0 unspecified atom stereocenters. The van der Waals surface area contributed by atoms with E-state index in [-0.39, 0.29) is 0 Å². The number of nitrogens with one attached hydrogen (secondary N) is 1. The van der Waals surface area contributed by atoms with Crippen LogP contribution in [0.4, 0.5) is 0 Å². The Bertz CT molecular complexity index is 488. The van der Waals surface area contributed by atoms with Gasteiger partial charge < -0.3 is 10.1 Å². The lowest BCUT2D eigenvalue weighted by Crippen LogP contribution is -2.30. The maximum Gasteiger partial charge on any atom is 0.162 e. The van der Waals surface area contributed by atoms with Crippen LogP contribution < -0.4 is 10.1 Å². The summed E-state index contributed by atoms with van der Waals surface area (Å²) in [5.41, 5.74) is 1.58. The highest BCUT2D eigenvalue weighted by atomic mass is 16.5. The summed E-state index contributed by atoms with van der Waals surface area (Å²) < 4.78 is 5.76. The first kappa shape index (κ1) is 17.0. The van der Waals surface area contributed by atoms with Gasteiger partial charge in [0, 0.05) is 12.6 Å². The fourth-order valence-corrected chi connectivity index (χ4v) is 2.99. The van der Waals surface area contributed by atoms with Crippen LogP contribution in [0.5, 0.6) is 5.75 Å². The van der Waals surface area contributed by atoms with Crippen molar-refractivity contribution >= 4 is 6.29 Å². The predicted octanol–water partition coefficient (Wildman–Crippen LogP) is 4.16. The van der Waals surface area contributed by atoms with Crippen molar-refractivity contribution in [3.63, 3.8) is 0 Å². The van der Waals surface area contributed by atoms with Crippen molar-refractivity contribution in [1.29, 1.82) is 0 Å². The van der Waals surface area contributed by atoms with E-state index in [2.05, 4.69) is 17.4 Å². The second-order valence-corrected chi connectivity index (χ2v) is 6.99. The summed E-state index contributed by atoms with van der Waals surface area (Å²) in [6, 6.07) is 6.88. The topological polar surface area (TPSA) is 38.3 Å². The summed E-state index contributed by atoms with van der Waals surface area (Å²) in [4.78, 5) is 11.0. The van der Waals surface area contributed by atoms with Gasteiger partial charge in [0.2, 0.25) is 0 Å². The van der Waals surface area contributed by atoms with Gasteiger partial charge in [0.25, 0.3) is 0 Å². The summed E-state index contributed by atoms with van der Waals surface area (Å²) in [7, 11) is 0. The molecule has 0 saturated heterocycles. The lowest BCUT2D eigenvalue weighted by molar-refractivity contribution is -0.119. The largest absolute Gasteiger partial charge is 0.480 e. The number of hydrogen-bond donors (Lipinski definition) is 1. The summed E-state index contributed by atoms with van der Waals surface area (Å²) in [6.45, 7) is 6.50. The maximum absolute atomic E-state index is 11.0. The van der Waals surface area contributed by atoms with Crippen molar-refractivity contribution < 1.29 is 9.53 Å². The third kappa shape index (κ3) is 5.13. The molecule has 1 saturated carbocycles. The predicted molar refractivity (Wildman–Crippen MR) is 90.3 cm³/mol. The Morgan fingerprint density at radius 1 is 1.23 bits per heavy atom. The molecule has 1 N–H and O–H groups in total. The van der Waals surface area contributed by atoms with E-state index >= 15 is 0 Å². The van der Waals surface area contributed by atoms with Gasteiger partial charge in [-0.25, -0.2) is 0 Å². The molecular formula is C19H29NO2. The zero-order valence-corrected chi connectivity index (χ0v) is 14.2. The van der Waals surface area contributed by atoms with E-state index in [9.17, 15) is 4.79 Å². The normalized spacial score (nSPS) is 17.0. The van der Waals surface area contributed by atoms with Gasteiger partial charge in [0.1, 0.15) is 5.75 Å². The molecule has 122 valence electrons. The average Bonchev–Trinajstić information content (AvgIpc) is 2.76. The van der Waals surface area contributed by atoms with Crippen LogP contribution in [0.25, 0.3) is 0 Å². The van der Waals surface area contributed by atoms with Crippen LogP contribution in [-0.2, 0) is 11.3 Å². The van der Waals surface area contributed by atoms with Crippen molar-refractivity contribution in [3.05, 3.63) is 29.3 Å². The summed E-state index contributed by atoms with van der Waals surface area (Å²) in [5.74, 6) is 0.787. The fourth-order valence-electron chi connectivity index (χ4n) is 2.99. The number of benzene rings is 1. The SMILES string of the molecule is Cc1cc(CNC2CCCCCC2)ccc1OC(C)(C)C=O. The number of aldehydes is 1. The van der Waals surface area contributed by atoms with Gasteiger partial charge in [-0.2, -0.15) is 0 Å². The van der Waals surface area contributed by atoms with Crippen LogP contribution in [0.15, 0.2) is 18.2 Å². The van der Waals surface area contributed by atoms with E-state index in [4.69, 9.17) is 4.74 Å². The molecule has 0 aromatic heterocycles. The van der Waals surface area contributed by atoms with Crippen LogP contribution >= 0.6 is 0 Å². The first-order valence-corrected chi connectivity index (χ1v) is 8.48. The molecule has 0 spiro atoms. The highest BCUT2D eigenvalue weighted by molar-refractivity contribution is 5.62. The van der Waals surface area contributed by atoms with Gasteiger partial charge in [-0.3, -0.25) is 4.79 Å². The number of carbonyl (C=O) groups is 1. The van der Waals surface area contributed by atoms with Gasteiger partial charge in [0.05, 0.1) is 0 Å². The van der Waals surface area contributed by atoms with E-state index in [1.807, 2.05) is 13.0 Å². The molecule has 3 nitrogen and oxygen atoms in total. The van der Waals surface area contributed by atoms with E-state index in [0.29, 0.717) is 6.04 Å². The van der Waals surface area contributed by atoms with Crippen LogP contribution in [0.1, 0.15) is 63.5 Å². The lowest BCUT2D eigenvalue weighted by Gasteiger charge is -2.22. The molecule has 2 rings (SSSR count). The maximum atomic E-state index is 11.0. The van der Waals surface area contributed by atoms with Gasteiger partial charge in [0.15, 0.2) is 11.9 Å². The molecule has 3 heteroatoms. The highest BCUT2D eigenvalue weighted by Gasteiger charge is 2.19. The Balaban J connectivity index is 1.92. The fraction of sp³-hybridized carbons (Fsp3) is 0.632. The van der Waals surface area contributed by atoms with Gasteiger partial charge >= 0.3 is 0 Å². The molecule has 22 heavy (non-hydrogen) atoms. The number of rotatable bonds is 6. The lowest BCUT2D eigenvalue weighted by atomic mass is 10.1. The minimum absolute atomic E-state index is 0.660. The Morgan fingerprint density at radius 3 is 2.50 bits per heavy atom. The Hall–Kier alpha value is -1.35. The number of ether oxygens (including phenoxy) is 1.